The minimum atomic E-state index is -0.0361. The molecule has 0 aliphatic heterocycles. The van der Waals surface area contributed by atoms with Gasteiger partial charge in [-0.15, -0.1) is 0 Å². The van der Waals surface area contributed by atoms with Crippen LogP contribution in [0, 0.1) is 0 Å². The number of nitrogens with two attached hydrogens (primary N) is 1. The monoisotopic (exact) mass is 212 g/mol. The van der Waals surface area contributed by atoms with Gasteiger partial charge in [-0.3, -0.25) is 0 Å². The van der Waals surface area contributed by atoms with Crippen molar-refractivity contribution in [1.29, 1.82) is 0 Å². The molecule has 0 saturated heterocycles. The molecule has 15 heavy (non-hydrogen) atoms. The van der Waals surface area contributed by atoms with Crippen LogP contribution in [0.2, 0.25) is 0 Å². The fourth-order valence-corrected chi connectivity index (χ4v) is 1.50. The minimum absolute atomic E-state index is 0.0361. The van der Waals surface area contributed by atoms with Gasteiger partial charge in [-0.1, -0.05) is 25.4 Å². The first kappa shape index (κ1) is 12.2. The fourth-order valence-electron chi connectivity index (χ4n) is 1.50. The summed E-state index contributed by atoms with van der Waals surface area (Å²) in [5.41, 5.74) is 6.84. The molecule has 4 nitrogen and oxygen atoms in total. The Bertz CT molecular complexity index is 259. The number of nitrogens with zero attached hydrogens (tertiary/aromatic N) is 1. The molecule has 0 aromatic carbocycles. The van der Waals surface area contributed by atoms with Gasteiger partial charge in [0, 0.05) is 19.1 Å². The Morgan fingerprint density at radius 2 is 2.33 bits per heavy atom. The van der Waals surface area contributed by atoms with Gasteiger partial charge in [0.05, 0.1) is 18.3 Å². The first-order chi connectivity index (χ1) is 7.19. The van der Waals surface area contributed by atoms with Crippen molar-refractivity contribution in [2.45, 2.75) is 38.6 Å². The van der Waals surface area contributed by atoms with Gasteiger partial charge in [0.15, 0.2) is 5.76 Å². The zero-order chi connectivity index (χ0) is 11.3. The van der Waals surface area contributed by atoms with Crippen molar-refractivity contribution in [3.63, 3.8) is 0 Å². The Kier molecular flexibility index (Phi) is 4.78. The van der Waals surface area contributed by atoms with Gasteiger partial charge in [0.1, 0.15) is 0 Å². The van der Waals surface area contributed by atoms with E-state index in [1.807, 2.05) is 6.07 Å². The lowest BCUT2D eigenvalue weighted by Gasteiger charge is -2.05. The molecule has 4 heteroatoms. The molecule has 1 rings (SSSR count). The zero-order valence-corrected chi connectivity index (χ0v) is 9.69. The van der Waals surface area contributed by atoms with Gasteiger partial charge < -0.3 is 15.0 Å². The molecule has 0 amide bonds. The summed E-state index contributed by atoms with van der Waals surface area (Å²) < 4.78 is 10.3. The third-order valence-corrected chi connectivity index (χ3v) is 2.43. The second-order valence-corrected chi connectivity index (χ2v) is 3.91. The van der Waals surface area contributed by atoms with Crippen molar-refractivity contribution >= 4 is 0 Å². The smallest absolute Gasteiger partial charge is 0.153 e. The molecule has 0 aliphatic carbocycles. The summed E-state index contributed by atoms with van der Waals surface area (Å²) >= 11 is 0. The van der Waals surface area contributed by atoms with Crippen LogP contribution in [0.3, 0.4) is 0 Å². The Hall–Kier alpha value is -0.870. The molecule has 2 unspecified atom stereocenters. The minimum Gasteiger partial charge on any atom is -0.384 e. The van der Waals surface area contributed by atoms with Crippen LogP contribution in [0.25, 0.3) is 0 Å². The van der Waals surface area contributed by atoms with Crippen LogP contribution in [0.15, 0.2) is 10.6 Å². The highest BCUT2D eigenvalue weighted by molar-refractivity contribution is 5.12. The van der Waals surface area contributed by atoms with Gasteiger partial charge in [0.2, 0.25) is 0 Å². The normalized spacial score (nSPS) is 15.2. The molecule has 1 aromatic rings. The lowest BCUT2D eigenvalue weighted by Crippen LogP contribution is -2.08. The van der Waals surface area contributed by atoms with Gasteiger partial charge in [0.25, 0.3) is 0 Å². The number of hydrogen-bond acceptors (Lipinski definition) is 4. The van der Waals surface area contributed by atoms with E-state index < -0.39 is 0 Å². The lowest BCUT2D eigenvalue weighted by molar-refractivity contribution is 0.181. The molecule has 0 spiro atoms. The van der Waals surface area contributed by atoms with Crippen LogP contribution >= 0.6 is 0 Å². The van der Waals surface area contributed by atoms with E-state index in [0.29, 0.717) is 6.61 Å². The third-order valence-electron chi connectivity index (χ3n) is 2.43. The average molecular weight is 212 g/mol. The van der Waals surface area contributed by atoms with Gasteiger partial charge >= 0.3 is 0 Å². The molecule has 0 aliphatic rings. The highest BCUT2D eigenvalue weighted by Gasteiger charge is 2.15. The second-order valence-electron chi connectivity index (χ2n) is 3.91. The van der Waals surface area contributed by atoms with Gasteiger partial charge in [-0.05, 0) is 6.42 Å². The van der Waals surface area contributed by atoms with E-state index in [-0.39, 0.29) is 12.0 Å². The van der Waals surface area contributed by atoms with Crippen molar-refractivity contribution in [3.05, 3.63) is 17.5 Å². The Morgan fingerprint density at radius 1 is 1.60 bits per heavy atom. The van der Waals surface area contributed by atoms with Crippen molar-refractivity contribution in [2.24, 2.45) is 5.73 Å². The predicted molar refractivity (Wildman–Crippen MR) is 58.6 cm³/mol. The van der Waals surface area contributed by atoms with Crippen LogP contribution in [-0.2, 0) is 4.74 Å². The van der Waals surface area contributed by atoms with Crippen LogP contribution in [0.5, 0.6) is 0 Å². The van der Waals surface area contributed by atoms with E-state index in [0.717, 1.165) is 24.3 Å². The molecular formula is C11H20N2O2. The van der Waals surface area contributed by atoms with Gasteiger partial charge in [-0.25, -0.2) is 0 Å². The van der Waals surface area contributed by atoms with Gasteiger partial charge in [-0.2, -0.15) is 0 Å². The SMILES string of the molecule is CCCC(N)c1cc(C(C)COC)no1. The highest BCUT2D eigenvalue weighted by atomic mass is 16.5. The van der Waals surface area contributed by atoms with E-state index in [2.05, 4.69) is 19.0 Å². The van der Waals surface area contributed by atoms with Crippen LogP contribution in [-0.4, -0.2) is 18.9 Å². The number of ether oxygens (including phenoxy) is 1. The van der Waals surface area contributed by atoms with Crippen molar-refractivity contribution < 1.29 is 9.26 Å². The van der Waals surface area contributed by atoms with E-state index in [1.54, 1.807) is 7.11 Å². The summed E-state index contributed by atoms with van der Waals surface area (Å²) in [7, 11) is 1.68. The number of aromatic nitrogens is 1. The molecule has 0 bridgehead atoms. The summed E-state index contributed by atoms with van der Waals surface area (Å²) in [5, 5.41) is 4.00. The van der Waals surface area contributed by atoms with Crippen molar-refractivity contribution in [2.75, 3.05) is 13.7 Å². The summed E-state index contributed by atoms with van der Waals surface area (Å²) in [6.45, 7) is 4.80. The molecule has 2 atom stereocenters. The Labute approximate surface area is 90.8 Å². The van der Waals surface area contributed by atoms with E-state index in [9.17, 15) is 0 Å². The summed E-state index contributed by atoms with van der Waals surface area (Å²) in [4.78, 5) is 0. The number of methoxy groups -OCH3 is 1. The zero-order valence-electron chi connectivity index (χ0n) is 9.69. The Morgan fingerprint density at radius 3 is 2.93 bits per heavy atom. The lowest BCUT2D eigenvalue weighted by atomic mass is 10.1. The maximum atomic E-state index is 5.93. The topological polar surface area (TPSA) is 61.3 Å². The predicted octanol–water partition coefficient (Wildman–Crippen LogP) is 2.22. The van der Waals surface area contributed by atoms with E-state index in [1.165, 1.54) is 0 Å². The molecule has 0 fully saturated rings. The second kappa shape index (κ2) is 5.88. The number of rotatable bonds is 6. The standard InChI is InChI=1S/C11H20N2O2/c1-4-5-9(12)11-6-10(13-15-11)8(2)7-14-3/h6,8-9H,4-5,7,12H2,1-3H3. The molecule has 1 aromatic heterocycles. The summed E-state index contributed by atoms with van der Waals surface area (Å²) in [5.74, 6) is 1.02. The van der Waals surface area contributed by atoms with Crippen molar-refractivity contribution in [3.8, 4) is 0 Å². The molecule has 0 saturated carbocycles. The van der Waals surface area contributed by atoms with E-state index in [4.69, 9.17) is 15.0 Å². The number of hydrogen-bond donors (Lipinski definition) is 1. The van der Waals surface area contributed by atoms with Crippen LogP contribution in [0.1, 0.15) is 50.1 Å². The third kappa shape index (κ3) is 3.32. The maximum Gasteiger partial charge on any atom is 0.153 e. The summed E-state index contributed by atoms with van der Waals surface area (Å²) in [6, 6.07) is 1.90. The molecule has 2 N–H and O–H groups in total. The molecule has 1 heterocycles. The highest BCUT2D eigenvalue weighted by Crippen LogP contribution is 2.21. The molecule has 86 valence electrons. The quantitative estimate of drug-likeness (QED) is 0.785. The Balaban J connectivity index is 2.62. The van der Waals surface area contributed by atoms with Crippen molar-refractivity contribution in [1.82, 2.24) is 5.16 Å². The molecule has 0 radical (unpaired) electrons. The first-order valence-electron chi connectivity index (χ1n) is 5.40. The fraction of sp³-hybridized carbons (Fsp3) is 0.727. The van der Waals surface area contributed by atoms with E-state index >= 15 is 0 Å². The summed E-state index contributed by atoms with van der Waals surface area (Å²) in [6.07, 6.45) is 1.97. The molecular weight excluding hydrogens is 192 g/mol. The largest absolute Gasteiger partial charge is 0.384 e. The van der Waals surface area contributed by atoms with Crippen LogP contribution in [0.4, 0.5) is 0 Å². The maximum absolute atomic E-state index is 5.93. The average Bonchev–Trinajstić information content (AvgIpc) is 2.67. The first-order valence-corrected chi connectivity index (χ1v) is 5.40. The van der Waals surface area contributed by atoms with Crippen LogP contribution < -0.4 is 5.73 Å².